The quantitative estimate of drug-likeness (QED) is 0.795. The SMILES string of the molecule is CC(CN(C)C(=O)c1ccccc1O)C(N)=S. The minimum atomic E-state index is -0.244. The highest BCUT2D eigenvalue weighted by atomic mass is 32.1. The van der Waals surface area contributed by atoms with Crippen molar-refractivity contribution in [2.75, 3.05) is 13.6 Å². The highest BCUT2D eigenvalue weighted by Crippen LogP contribution is 2.17. The van der Waals surface area contributed by atoms with E-state index in [1.165, 1.54) is 11.0 Å². The van der Waals surface area contributed by atoms with E-state index in [9.17, 15) is 9.90 Å². The van der Waals surface area contributed by atoms with Gasteiger partial charge in [0, 0.05) is 19.5 Å². The van der Waals surface area contributed by atoms with Gasteiger partial charge < -0.3 is 15.7 Å². The third-order valence-corrected chi connectivity index (χ3v) is 2.92. The van der Waals surface area contributed by atoms with E-state index >= 15 is 0 Å². The van der Waals surface area contributed by atoms with E-state index < -0.39 is 0 Å². The molecule has 0 aromatic heterocycles. The molecule has 0 aliphatic heterocycles. The standard InChI is InChI=1S/C12H16N2O2S/c1-8(11(13)17)7-14(2)12(16)9-5-3-4-6-10(9)15/h3-6,8,15H,7H2,1-2H3,(H2,13,17). The first-order chi connectivity index (χ1) is 7.93. The second-order valence-electron chi connectivity index (χ2n) is 4.01. The van der Waals surface area contributed by atoms with Crippen LogP contribution >= 0.6 is 12.2 Å². The number of hydrogen-bond acceptors (Lipinski definition) is 3. The van der Waals surface area contributed by atoms with E-state index in [0.717, 1.165) is 0 Å². The molecule has 0 heterocycles. The molecule has 0 bridgehead atoms. The molecule has 4 nitrogen and oxygen atoms in total. The number of aromatic hydroxyl groups is 1. The van der Waals surface area contributed by atoms with Gasteiger partial charge in [0.2, 0.25) is 0 Å². The van der Waals surface area contributed by atoms with Crippen LogP contribution in [0, 0.1) is 5.92 Å². The summed E-state index contributed by atoms with van der Waals surface area (Å²) in [5, 5.41) is 9.58. The number of phenols is 1. The molecule has 1 rings (SSSR count). The Morgan fingerprint density at radius 1 is 1.53 bits per heavy atom. The molecule has 0 saturated carbocycles. The summed E-state index contributed by atoms with van der Waals surface area (Å²) in [4.78, 5) is 13.9. The van der Waals surface area contributed by atoms with Gasteiger partial charge in [0.1, 0.15) is 5.75 Å². The van der Waals surface area contributed by atoms with Gasteiger partial charge in [0.15, 0.2) is 0 Å². The van der Waals surface area contributed by atoms with Crippen LogP contribution in [-0.4, -0.2) is 34.5 Å². The van der Waals surface area contributed by atoms with Gasteiger partial charge in [-0.2, -0.15) is 0 Å². The zero-order chi connectivity index (χ0) is 13.0. The first-order valence-corrected chi connectivity index (χ1v) is 5.67. The lowest BCUT2D eigenvalue weighted by atomic mass is 10.1. The first-order valence-electron chi connectivity index (χ1n) is 5.26. The molecular formula is C12H16N2O2S. The average molecular weight is 252 g/mol. The number of para-hydroxylation sites is 1. The topological polar surface area (TPSA) is 66.6 Å². The van der Waals surface area contributed by atoms with E-state index in [-0.39, 0.29) is 23.1 Å². The van der Waals surface area contributed by atoms with E-state index in [2.05, 4.69) is 0 Å². The predicted octanol–water partition coefficient (Wildman–Crippen LogP) is 1.39. The molecule has 92 valence electrons. The molecule has 5 heteroatoms. The summed E-state index contributed by atoms with van der Waals surface area (Å²) in [7, 11) is 1.66. The fourth-order valence-corrected chi connectivity index (χ4v) is 1.52. The molecule has 17 heavy (non-hydrogen) atoms. The molecule has 1 amide bonds. The second kappa shape index (κ2) is 5.63. The third-order valence-electron chi connectivity index (χ3n) is 2.51. The summed E-state index contributed by atoms with van der Waals surface area (Å²) in [5.74, 6) is -0.316. The molecule has 0 fully saturated rings. The summed E-state index contributed by atoms with van der Waals surface area (Å²) in [6, 6.07) is 6.44. The zero-order valence-electron chi connectivity index (χ0n) is 9.88. The normalized spacial score (nSPS) is 11.9. The maximum Gasteiger partial charge on any atom is 0.257 e. The summed E-state index contributed by atoms with van der Waals surface area (Å²) in [5.41, 5.74) is 5.78. The number of benzene rings is 1. The molecule has 0 spiro atoms. The van der Waals surface area contributed by atoms with E-state index in [1.807, 2.05) is 6.92 Å². The third kappa shape index (κ3) is 3.42. The average Bonchev–Trinajstić information content (AvgIpc) is 2.28. The van der Waals surface area contributed by atoms with Crippen molar-refractivity contribution in [3.05, 3.63) is 29.8 Å². The van der Waals surface area contributed by atoms with Crippen LogP contribution < -0.4 is 5.73 Å². The van der Waals surface area contributed by atoms with Gasteiger partial charge in [-0.3, -0.25) is 4.79 Å². The molecule has 0 aliphatic carbocycles. The highest BCUT2D eigenvalue weighted by molar-refractivity contribution is 7.80. The minimum Gasteiger partial charge on any atom is -0.507 e. The van der Waals surface area contributed by atoms with Crippen LogP contribution in [0.3, 0.4) is 0 Å². The van der Waals surface area contributed by atoms with Gasteiger partial charge in [-0.1, -0.05) is 31.3 Å². The van der Waals surface area contributed by atoms with Crippen molar-refractivity contribution in [3.8, 4) is 5.75 Å². The number of phenolic OH excluding ortho intramolecular Hbond substituents is 1. The Morgan fingerprint density at radius 2 is 2.12 bits per heavy atom. The molecule has 1 aromatic carbocycles. The number of nitrogens with two attached hydrogens (primary N) is 1. The Kier molecular flexibility index (Phi) is 4.45. The number of carbonyl (C=O) groups is 1. The number of amides is 1. The van der Waals surface area contributed by atoms with Crippen molar-refractivity contribution in [2.45, 2.75) is 6.92 Å². The lowest BCUT2D eigenvalue weighted by Crippen LogP contribution is -2.35. The van der Waals surface area contributed by atoms with Crippen LogP contribution in [0.2, 0.25) is 0 Å². The zero-order valence-corrected chi connectivity index (χ0v) is 10.7. The van der Waals surface area contributed by atoms with Crippen molar-refractivity contribution in [2.24, 2.45) is 11.7 Å². The highest BCUT2D eigenvalue weighted by Gasteiger charge is 2.17. The molecule has 0 radical (unpaired) electrons. The lowest BCUT2D eigenvalue weighted by molar-refractivity contribution is 0.0784. The van der Waals surface area contributed by atoms with Crippen LogP contribution in [0.4, 0.5) is 0 Å². The summed E-state index contributed by atoms with van der Waals surface area (Å²) >= 11 is 4.86. The minimum absolute atomic E-state index is 0.0210. The van der Waals surface area contributed by atoms with Crippen LogP contribution in [0.15, 0.2) is 24.3 Å². The first kappa shape index (κ1) is 13.4. The van der Waals surface area contributed by atoms with Gasteiger partial charge in [0.05, 0.1) is 10.6 Å². The monoisotopic (exact) mass is 252 g/mol. The molecule has 1 aromatic rings. The van der Waals surface area contributed by atoms with E-state index in [4.69, 9.17) is 18.0 Å². The Labute approximate surface area is 106 Å². The smallest absolute Gasteiger partial charge is 0.257 e. The Morgan fingerprint density at radius 3 is 2.65 bits per heavy atom. The number of rotatable bonds is 4. The van der Waals surface area contributed by atoms with Gasteiger partial charge in [0.25, 0.3) is 5.91 Å². The van der Waals surface area contributed by atoms with Gasteiger partial charge in [-0.15, -0.1) is 0 Å². The lowest BCUT2D eigenvalue weighted by Gasteiger charge is -2.21. The fraction of sp³-hybridized carbons (Fsp3) is 0.333. The Balaban J connectivity index is 2.77. The van der Waals surface area contributed by atoms with Crippen molar-refractivity contribution in [1.82, 2.24) is 4.90 Å². The molecular weight excluding hydrogens is 236 g/mol. The number of nitrogens with zero attached hydrogens (tertiary/aromatic N) is 1. The van der Waals surface area contributed by atoms with Crippen LogP contribution in [0.5, 0.6) is 5.75 Å². The maximum absolute atomic E-state index is 12.0. The van der Waals surface area contributed by atoms with Crippen LogP contribution in [0.25, 0.3) is 0 Å². The molecule has 0 aliphatic rings. The summed E-state index contributed by atoms with van der Waals surface area (Å²) in [6.45, 7) is 2.29. The molecule has 1 unspecified atom stereocenters. The Hall–Kier alpha value is -1.62. The van der Waals surface area contributed by atoms with Gasteiger partial charge >= 0.3 is 0 Å². The summed E-state index contributed by atoms with van der Waals surface area (Å²) in [6.07, 6.45) is 0. The molecule has 1 atom stereocenters. The molecule has 3 N–H and O–H groups in total. The van der Waals surface area contributed by atoms with E-state index in [1.54, 1.807) is 25.2 Å². The number of carbonyl (C=O) groups excluding carboxylic acids is 1. The predicted molar refractivity (Wildman–Crippen MR) is 71.0 cm³/mol. The molecule has 0 saturated heterocycles. The second-order valence-corrected chi connectivity index (χ2v) is 4.48. The van der Waals surface area contributed by atoms with Gasteiger partial charge in [-0.25, -0.2) is 0 Å². The van der Waals surface area contributed by atoms with E-state index in [0.29, 0.717) is 11.5 Å². The Bertz CT molecular complexity index is 434. The number of hydrogen-bond donors (Lipinski definition) is 2. The van der Waals surface area contributed by atoms with Crippen LogP contribution in [0.1, 0.15) is 17.3 Å². The maximum atomic E-state index is 12.0. The van der Waals surface area contributed by atoms with Crippen molar-refractivity contribution >= 4 is 23.1 Å². The van der Waals surface area contributed by atoms with Crippen molar-refractivity contribution in [1.29, 1.82) is 0 Å². The number of thiocarbonyl (C=S) groups is 1. The van der Waals surface area contributed by atoms with Crippen molar-refractivity contribution < 1.29 is 9.90 Å². The van der Waals surface area contributed by atoms with Gasteiger partial charge in [-0.05, 0) is 12.1 Å². The fourth-order valence-electron chi connectivity index (χ4n) is 1.44. The largest absolute Gasteiger partial charge is 0.507 e. The summed E-state index contributed by atoms with van der Waals surface area (Å²) < 4.78 is 0. The van der Waals surface area contributed by atoms with Crippen LogP contribution in [-0.2, 0) is 0 Å². The van der Waals surface area contributed by atoms with Crippen molar-refractivity contribution in [3.63, 3.8) is 0 Å².